The molecule has 1 N–H and O–H groups in total. The van der Waals surface area contributed by atoms with E-state index in [1.165, 1.54) is 0 Å². The van der Waals surface area contributed by atoms with Crippen molar-refractivity contribution in [1.29, 1.82) is 0 Å². The molecule has 3 rings (SSSR count). The minimum atomic E-state index is 0.0411. The standard InChI is InChI=1S/C26H34N4O3/c1-5-7-11-20(6-2)25(31)27-21-13-15-22(16-14-21)30-24(23-12-9-8-10-19(23)3)28-26(29-30)33-18-17-32-4/h8-10,12-16,20H,5-7,11,17-18H2,1-4H3,(H,27,31)/t20-/m0/s1. The Bertz CT molecular complexity index is 1030. The number of rotatable bonds is 12. The molecule has 7 heteroatoms. The molecule has 0 saturated carbocycles. The molecule has 0 aliphatic rings. The second-order valence-corrected chi connectivity index (χ2v) is 8.07. The number of methoxy groups -OCH3 is 1. The molecular weight excluding hydrogens is 416 g/mol. The van der Waals surface area contributed by atoms with E-state index in [-0.39, 0.29) is 11.8 Å². The normalized spacial score (nSPS) is 11.9. The fraction of sp³-hybridized carbons (Fsp3) is 0.423. The fourth-order valence-corrected chi connectivity index (χ4v) is 3.65. The maximum absolute atomic E-state index is 12.6. The van der Waals surface area contributed by atoms with Crippen LogP contribution in [-0.4, -0.2) is 41.0 Å². The van der Waals surface area contributed by atoms with E-state index in [0.717, 1.165) is 48.2 Å². The van der Waals surface area contributed by atoms with Crippen LogP contribution in [0.1, 0.15) is 45.1 Å². The van der Waals surface area contributed by atoms with E-state index in [9.17, 15) is 4.79 Å². The van der Waals surface area contributed by atoms with Crippen molar-refractivity contribution in [2.24, 2.45) is 5.92 Å². The number of carbonyl (C=O) groups excluding carboxylic acids is 1. The van der Waals surface area contributed by atoms with Gasteiger partial charge in [-0.2, -0.15) is 4.98 Å². The van der Waals surface area contributed by atoms with Crippen LogP contribution in [0, 0.1) is 12.8 Å². The van der Waals surface area contributed by atoms with Crippen molar-refractivity contribution in [2.75, 3.05) is 25.6 Å². The summed E-state index contributed by atoms with van der Waals surface area (Å²) in [6.45, 7) is 7.08. The minimum absolute atomic E-state index is 0.0411. The van der Waals surface area contributed by atoms with Crippen LogP contribution in [0.4, 0.5) is 5.69 Å². The summed E-state index contributed by atoms with van der Waals surface area (Å²) < 4.78 is 12.5. The Morgan fingerprint density at radius 3 is 2.52 bits per heavy atom. The molecule has 0 unspecified atom stereocenters. The summed E-state index contributed by atoms with van der Waals surface area (Å²) in [5, 5.41) is 7.63. The SMILES string of the molecule is CCCC[C@H](CC)C(=O)Nc1ccc(-n2nc(OCCOC)nc2-c2ccccc2C)cc1. The number of nitrogens with zero attached hydrogens (tertiary/aromatic N) is 3. The van der Waals surface area contributed by atoms with Gasteiger partial charge in [-0.25, -0.2) is 4.68 Å². The quantitative estimate of drug-likeness (QED) is 0.373. The molecule has 0 saturated heterocycles. The third-order valence-electron chi connectivity index (χ3n) is 5.64. The molecule has 1 atom stereocenters. The number of nitrogens with one attached hydrogen (secondary N) is 1. The second kappa shape index (κ2) is 12.2. The minimum Gasteiger partial charge on any atom is -0.460 e. The van der Waals surface area contributed by atoms with Crippen LogP contribution in [-0.2, 0) is 9.53 Å². The summed E-state index contributed by atoms with van der Waals surface area (Å²) in [7, 11) is 1.63. The lowest BCUT2D eigenvalue weighted by molar-refractivity contribution is -0.120. The van der Waals surface area contributed by atoms with Crippen molar-refractivity contribution in [3.05, 3.63) is 54.1 Å². The Morgan fingerprint density at radius 2 is 1.85 bits per heavy atom. The molecule has 7 nitrogen and oxygen atoms in total. The number of ether oxygens (including phenoxy) is 2. The number of benzene rings is 2. The number of aryl methyl sites for hydroxylation is 1. The smallest absolute Gasteiger partial charge is 0.336 e. The molecule has 33 heavy (non-hydrogen) atoms. The Morgan fingerprint density at radius 1 is 1.09 bits per heavy atom. The lowest BCUT2D eigenvalue weighted by atomic mass is 9.98. The van der Waals surface area contributed by atoms with Crippen molar-refractivity contribution in [1.82, 2.24) is 14.8 Å². The van der Waals surface area contributed by atoms with Gasteiger partial charge < -0.3 is 14.8 Å². The molecular formula is C26H34N4O3. The third kappa shape index (κ3) is 6.42. The highest BCUT2D eigenvalue weighted by Crippen LogP contribution is 2.27. The molecule has 3 aromatic rings. The first-order chi connectivity index (χ1) is 16.1. The van der Waals surface area contributed by atoms with E-state index >= 15 is 0 Å². The molecule has 176 valence electrons. The molecule has 0 bridgehead atoms. The summed E-state index contributed by atoms with van der Waals surface area (Å²) >= 11 is 0. The monoisotopic (exact) mass is 450 g/mol. The van der Waals surface area contributed by atoms with Gasteiger partial charge in [-0.15, -0.1) is 5.10 Å². The van der Waals surface area contributed by atoms with Gasteiger partial charge in [-0.3, -0.25) is 4.79 Å². The van der Waals surface area contributed by atoms with E-state index in [4.69, 9.17) is 9.47 Å². The van der Waals surface area contributed by atoms with Gasteiger partial charge in [-0.1, -0.05) is 51.0 Å². The second-order valence-electron chi connectivity index (χ2n) is 8.07. The molecule has 0 aliphatic heterocycles. The van der Waals surface area contributed by atoms with Gasteiger partial charge in [0, 0.05) is 24.3 Å². The Kier molecular flexibility index (Phi) is 9.01. The maximum Gasteiger partial charge on any atom is 0.336 e. The zero-order chi connectivity index (χ0) is 23.6. The predicted molar refractivity (Wildman–Crippen MR) is 131 cm³/mol. The molecule has 0 spiro atoms. The van der Waals surface area contributed by atoms with Crippen LogP contribution < -0.4 is 10.1 Å². The summed E-state index contributed by atoms with van der Waals surface area (Å²) in [6, 6.07) is 16.0. The highest BCUT2D eigenvalue weighted by Gasteiger charge is 2.18. The molecule has 1 amide bonds. The molecule has 1 aromatic heterocycles. The van der Waals surface area contributed by atoms with Gasteiger partial charge in [-0.05, 0) is 49.6 Å². The Labute approximate surface area is 196 Å². The van der Waals surface area contributed by atoms with Crippen molar-refractivity contribution >= 4 is 11.6 Å². The first kappa shape index (κ1) is 24.5. The topological polar surface area (TPSA) is 78.3 Å². The van der Waals surface area contributed by atoms with Gasteiger partial charge in [0.1, 0.15) is 6.61 Å². The first-order valence-corrected chi connectivity index (χ1v) is 11.6. The van der Waals surface area contributed by atoms with Gasteiger partial charge >= 0.3 is 6.01 Å². The molecule has 0 radical (unpaired) electrons. The van der Waals surface area contributed by atoms with Gasteiger partial charge in [0.05, 0.1) is 12.3 Å². The number of aromatic nitrogens is 3. The molecule has 0 aliphatic carbocycles. The van der Waals surface area contributed by atoms with Gasteiger partial charge in [0.15, 0.2) is 5.82 Å². The average Bonchev–Trinajstić information content (AvgIpc) is 3.24. The van der Waals surface area contributed by atoms with E-state index in [1.54, 1.807) is 11.8 Å². The molecule has 2 aromatic carbocycles. The fourth-order valence-electron chi connectivity index (χ4n) is 3.65. The first-order valence-electron chi connectivity index (χ1n) is 11.6. The number of hydrogen-bond donors (Lipinski definition) is 1. The highest BCUT2D eigenvalue weighted by molar-refractivity contribution is 5.92. The number of amides is 1. The third-order valence-corrected chi connectivity index (χ3v) is 5.64. The van der Waals surface area contributed by atoms with Crippen LogP contribution in [0.25, 0.3) is 17.1 Å². The van der Waals surface area contributed by atoms with Crippen molar-refractivity contribution in [3.63, 3.8) is 0 Å². The average molecular weight is 451 g/mol. The van der Waals surface area contributed by atoms with Crippen molar-refractivity contribution in [2.45, 2.75) is 46.5 Å². The van der Waals surface area contributed by atoms with Gasteiger partial charge in [0.2, 0.25) is 5.91 Å². The van der Waals surface area contributed by atoms with Crippen LogP contribution in [0.15, 0.2) is 48.5 Å². The van der Waals surface area contributed by atoms with E-state index in [2.05, 4.69) is 29.2 Å². The van der Waals surface area contributed by atoms with Crippen LogP contribution in [0.3, 0.4) is 0 Å². The summed E-state index contributed by atoms with van der Waals surface area (Å²) in [5.74, 6) is 0.816. The zero-order valence-electron chi connectivity index (χ0n) is 20.0. The summed E-state index contributed by atoms with van der Waals surface area (Å²) in [6.07, 6.45) is 3.92. The number of anilines is 1. The van der Waals surface area contributed by atoms with Crippen LogP contribution >= 0.6 is 0 Å². The van der Waals surface area contributed by atoms with Gasteiger partial charge in [0.25, 0.3) is 0 Å². The summed E-state index contributed by atoms with van der Waals surface area (Å²) in [5.41, 5.74) is 3.67. The van der Waals surface area contributed by atoms with E-state index < -0.39 is 0 Å². The maximum atomic E-state index is 12.6. The summed E-state index contributed by atoms with van der Waals surface area (Å²) in [4.78, 5) is 17.3. The molecule has 1 heterocycles. The van der Waals surface area contributed by atoms with Crippen LogP contribution in [0.2, 0.25) is 0 Å². The van der Waals surface area contributed by atoms with Crippen molar-refractivity contribution < 1.29 is 14.3 Å². The predicted octanol–water partition coefficient (Wildman–Crippen LogP) is 5.42. The number of hydrogen-bond acceptors (Lipinski definition) is 5. The van der Waals surface area contributed by atoms with Crippen LogP contribution in [0.5, 0.6) is 6.01 Å². The number of carbonyl (C=O) groups is 1. The Hall–Kier alpha value is -3.19. The largest absolute Gasteiger partial charge is 0.460 e. The lowest BCUT2D eigenvalue weighted by Gasteiger charge is -2.15. The number of unbranched alkanes of at least 4 members (excludes halogenated alkanes) is 1. The Balaban J connectivity index is 1.84. The highest BCUT2D eigenvalue weighted by atomic mass is 16.5. The lowest BCUT2D eigenvalue weighted by Crippen LogP contribution is -2.22. The van der Waals surface area contributed by atoms with E-state index in [0.29, 0.717) is 25.0 Å². The zero-order valence-corrected chi connectivity index (χ0v) is 20.0. The van der Waals surface area contributed by atoms with E-state index in [1.807, 2.05) is 55.5 Å². The molecule has 0 fully saturated rings. The van der Waals surface area contributed by atoms with Crippen molar-refractivity contribution in [3.8, 4) is 23.1 Å².